The molecular weight excluding hydrogens is 265 g/mol. The van der Waals surface area contributed by atoms with Crippen molar-refractivity contribution >= 4 is 5.69 Å². The first-order valence-corrected chi connectivity index (χ1v) is 5.55. The van der Waals surface area contributed by atoms with Gasteiger partial charge >= 0.3 is 11.9 Å². The molecule has 0 saturated heterocycles. The van der Waals surface area contributed by atoms with Crippen LogP contribution in [0.3, 0.4) is 0 Å². The Morgan fingerprint density at radius 1 is 1.37 bits per heavy atom. The van der Waals surface area contributed by atoms with Crippen molar-refractivity contribution in [3.63, 3.8) is 0 Å². The lowest BCUT2D eigenvalue weighted by atomic mass is 9.90. The number of ether oxygens (including phenoxy) is 1. The van der Waals surface area contributed by atoms with Crippen LogP contribution in [0.1, 0.15) is 18.4 Å². The number of halogens is 3. The molecule has 0 bridgehead atoms. The van der Waals surface area contributed by atoms with Gasteiger partial charge in [0.1, 0.15) is 6.10 Å². The highest BCUT2D eigenvalue weighted by atomic mass is 19.4. The summed E-state index contributed by atoms with van der Waals surface area (Å²) in [4.78, 5) is 9.90. The summed E-state index contributed by atoms with van der Waals surface area (Å²) in [5.74, 6) is -0.157. The summed E-state index contributed by atoms with van der Waals surface area (Å²) in [6, 6.07) is 2.21. The highest BCUT2D eigenvalue weighted by Crippen LogP contribution is 2.37. The van der Waals surface area contributed by atoms with E-state index in [1.807, 2.05) is 0 Å². The first-order valence-electron chi connectivity index (χ1n) is 5.55. The van der Waals surface area contributed by atoms with Crippen LogP contribution in [0.5, 0.6) is 5.75 Å². The summed E-state index contributed by atoms with van der Waals surface area (Å²) < 4.78 is 42.7. The molecule has 5 nitrogen and oxygen atoms in total. The molecular formula is C11H11F3N2O3. The Bertz CT molecular complexity index is 498. The van der Waals surface area contributed by atoms with Gasteiger partial charge in [-0.1, -0.05) is 0 Å². The molecule has 2 rings (SSSR count). The maximum Gasteiger partial charge on any atom is 0.416 e. The third kappa shape index (κ3) is 2.95. The van der Waals surface area contributed by atoms with E-state index >= 15 is 0 Å². The zero-order chi connectivity index (χ0) is 14.2. The van der Waals surface area contributed by atoms with E-state index in [2.05, 4.69) is 0 Å². The van der Waals surface area contributed by atoms with Gasteiger partial charge in [0, 0.05) is 12.1 Å². The average Bonchev–Trinajstić information content (AvgIpc) is 2.25. The average molecular weight is 276 g/mol. The van der Waals surface area contributed by atoms with E-state index < -0.39 is 22.4 Å². The Hall–Kier alpha value is -1.83. The van der Waals surface area contributed by atoms with E-state index in [0.717, 1.165) is 12.1 Å². The number of nitro groups is 1. The Balaban J connectivity index is 2.25. The van der Waals surface area contributed by atoms with Crippen molar-refractivity contribution < 1.29 is 22.8 Å². The standard InChI is InChI=1S/C11H11F3N2O3/c12-11(13,14)6-1-2-10(9(3-6)16(17)18)19-8-4-7(15)5-8/h1-3,7-8H,4-5,15H2. The summed E-state index contributed by atoms with van der Waals surface area (Å²) in [5, 5.41) is 10.8. The van der Waals surface area contributed by atoms with Crippen LogP contribution >= 0.6 is 0 Å². The maximum absolute atomic E-state index is 12.5. The summed E-state index contributed by atoms with van der Waals surface area (Å²) >= 11 is 0. The van der Waals surface area contributed by atoms with E-state index in [-0.39, 0.29) is 17.9 Å². The van der Waals surface area contributed by atoms with Gasteiger partial charge in [0.15, 0.2) is 5.75 Å². The van der Waals surface area contributed by atoms with Crippen molar-refractivity contribution in [3.8, 4) is 5.75 Å². The monoisotopic (exact) mass is 276 g/mol. The van der Waals surface area contributed by atoms with Crippen LogP contribution in [0.2, 0.25) is 0 Å². The zero-order valence-corrected chi connectivity index (χ0v) is 9.68. The van der Waals surface area contributed by atoms with Gasteiger partial charge in [-0.3, -0.25) is 10.1 Å². The largest absolute Gasteiger partial charge is 0.483 e. The molecule has 0 aromatic heterocycles. The minimum atomic E-state index is -4.62. The molecule has 1 aliphatic rings. The quantitative estimate of drug-likeness (QED) is 0.679. The van der Waals surface area contributed by atoms with Crippen LogP contribution in [0, 0.1) is 10.1 Å². The first kappa shape index (κ1) is 13.6. The smallest absolute Gasteiger partial charge is 0.416 e. The van der Waals surface area contributed by atoms with Crippen LogP contribution in [0.25, 0.3) is 0 Å². The molecule has 0 radical (unpaired) electrons. The predicted molar refractivity (Wildman–Crippen MR) is 59.7 cm³/mol. The van der Waals surface area contributed by atoms with Crippen LogP contribution in [0.15, 0.2) is 18.2 Å². The Morgan fingerprint density at radius 2 is 2.00 bits per heavy atom. The second-order valence-electron chi connectivity index (χ2n) is 4.41. The Kier molecular flexibility index (Phi) is 3.36. The van der Waals surface area contributed by atoms with Gasteiger partial charge in [-0.2, -0.15) is 13.2 Å². The molecule has 1 aliphatic carbocycles. The summed E-state index contributed by atoms with van der Waals surface area (Å²) in [6.07, 6.45) is -3.82. The highest BCUT2D eigenvalue weighted by molar-refractivity contribution is 5.49. The van der Waals surface area contributed by atoms with Gasteiger partial charge in [0.25, 0.3) is 0 Å². The third-order valence-electron chi connectivity index (χ3n) is 2.91. The molecule has 1 saturated carbocycles. The van der Waals surface area contributed by atoms with Crippen molar-refractivity contribution in [2.75, 3.05) is 0 Å². The molecule has 0 atom stereocenters. The highest BCUT2D eigenvalue weighted by Gasteiger charge is 2.35. The van der Waals surface area contributed by atoms with E-state index in [1.54, 1.807) is 0 Å². The molecule has 1 fully saturated rings. The van der Waals surface area contributed by atoms with E-state index in [1.165, 1.54) is 0 Å². The van der Waals surface area contributed by atoms with Crippen LogP contribution in [0.4, 0.5) is 18.9 Å². The van der Waals surface area contributed by atoms with Crippen LogP contribution in [-0.4, -0.2) is 17.1 Å². The summed E-state index contributed by atoms with van der Waals surface area (Å²) in [6.45, 7) is 0. The molecule has 0 heterocycles. The lowest BCUT2D eigenvalue weighted by Crippen LogP contribution is -2.43. The number of benzene rings is 1. The molecule has 8 heteroatoms. The lowest BCUT2D eigenvalue weighted by molar-refractivity contribution is -0.386. The molecule has 0 unspecified atom stereocenters. The molecule has 0 aliphatic heterocycles. The minimum Gasteiger partial charge on any atom is -0.483 e. The minimum absolute atomic E-state index is 0.0153. The summed E-state index contributed by atoms with van der Waals surface area (Å²) in [7, 11) is 0. The molecule has 0 amide bonds. The predicted octanol–water partition coefficient (Wildman–Crippen LogP) is 2.48. The van der Waals surface area contributed by atoms with Crippen molar-refractivity contribution in [1.29, 1.82) is 0 Å². The van der Waals surface area contributed by atoms with Crippen molar-refractivity contribution in [2.24, 2.45) is 5.73 Å². The molecule has 2 N–H and O–H groups in total. The van der Waals surface area contributed by atoms with E-state index in [9.17, 15) is 23.3 Å². The SMILES string of the molecule is NC1CC(Oc2ccc(C(F)(F)F)cc2[N+](=O)[O-])C1. The fourth-order valence-electron chi connectivity index (χ4n) is 1.82. The zero-order valence-electron chi connectivity index (χ0n) is 9.68. The van der Waals surface area contributed by atoms with Gasteiger partial charge in [0.05, 0.1) is 10.5 Å². The van der Waals surface area contributed by atoms with Gasteiger partial charge in [-0.25, -0.2) is 0 Å². The second-order valence-corrected chi connectivity index (χ2v) is 4.41. The van der Waals surface area contributed by atoms with Crippen LogP contribution in [-0.2, 0) is 6.18 Å². The van der Waals surface area contributed by atoms with Gasteiger partial charge < -0.3 is 10.5 Å². The number of rotatable bonds is 3. The lowest BCUT2D eigenvalue weighted by Gasteiger charge is -2.32. The second kappa shape index (κ2) is 4.69. The van der Waals surface area contributed by atoms with Gasteiger partial charge in [-0.15, -0.1) is 0 Å². The Morgan fingerprint density at radius 3 is 2.47 bits per heavy atom. The first-order chi connectivity index (χ1) is 8.77. The number of nitrogens with two attached hydrogens (primary N) is 1. The topological polar surface area (TPSA) is 78.4 Å². The summed E-state index contributed by atoms with van der Waals surface area (Å²) in [5.41, 5.74) is 3.78. The number of alkyl halides is 3. The number of hydrogen-bond acceptors (Lipinski definition) is 4. The molecule has 104 valence electrons. The normalized spacial score (nSPS) is 22.7. The molecule has 1 aromatic carbocycles. The van der Waals surface area contributed by atoms with Gasteiger partial charge in [-0.05, 0) is 25.0 Å². The molecule has 19 heavy (non-hydrogen) atoms. The van der Waals surface area contributed by atoms with Crippen molar-refractivity contribution in [1.82, 2.24) is 0 Å². The number of hydrogen-bond donors (Lipinski definition) is 1. The fraction of sp³-hybridized carbons (Fsp3) is 0.455. The number of nitro benzene ring substituents is 1. The maximum atomic E-state index is 12.5. The van der Waals surface area contributed by atoms with E-state index in [4.69, 9.17) is 10.5 Å². The Labute approximate surface area is 106 Å². The van der Waals surface area contributed by atoms with Crippen molar-refractivity contribution in [3.05, 3.63) is 33.9 Å². The van der Waals surface area contributed by atoms with Crippen molar-refractivity contribution in [2.45, 2.75) is 31.2 Å². The third-order valence-corrected chi connectivity index (χ3v) is 2.91. The van der Waals surface area contributed by atoms with Crippen LogP contribution < -0.4 is 10.5 Å². The fourth-order valence-corrected chi connectivity index (χ4v) is 1.82. The molecule has 0 spiro atoms. The van der Waals surface area contributed by atoms with Gasteiger partial charge in [0.2, 0.25) is 0 Å². The number of nitrogens with zero attached hydrogens (tertiary/aromatic N) is 1. The van der Waals surface area contributed by atoms with E-state index in [0.29, 0.717) is 18.9 Å². The molecule has 1 aromatic rings.